The van der Waals surface area contributed by atoms with Gasteiger partial charge in [-0.15, -0.1) is 0 Å². The van der Waals surface area contributed by atoms with Crippen molar-refractivity contribution in [1.29, 1.82) is 0 Å². The molecule has 1 amide bonds. The van der Waals surface area contributed by atoms with Crippen LogP contribution >= 0.6 is 0 Å². The predicted molar refractivity (Wildman–Crippen MR) is 84.5 cm³/mol. The molecule has 23 heavy (non-hydrogen) atoms. The van der Waals surface area contributed by atoms with Crippen molar-refractivity contribution < 1.29 is 23.8 Å². The van der Waals surface area contributed by atoms with Gasteiger partial charge in [-0.1, -0.05) is 13.8 Å². The van der Waals surface area contributed by atoms with Crippen molar-refractivity contribution in [2.75, 3.05) is 19.7 Å². The van der Waals surface area contributed by atoms with Crippen LogP contribution in [0.1, 0.15) is 48.4 Å². The van der Waals surface area contributed by atoms with Gasteiger partial charge in [0, 0.05) is 25.3 Å². The highest BCUT2D eigenvalue weighted by molar-refractivity contribution is 5.97. The Balaban J connectivity index is 1.97. The quantitative estimate of drug-likeness (QED) is 0.834. The number of nitrogens with zero attached hydrogens (tertiary/aromatic N) is 1. The molecule has 2 rings (SSSR count). The number of aliphatic carboxylic acids is 1. The zero-order valence-electron chi connectivity index (χ0n) is 14.0. The van der Waals surface area contributed by atoms with Crippen LogP contribution in [0.2, 0.25) is 0 Å². The number of hydrogen-bond acceptors (Lipinski definition) is 4. The number of amides is 1. The number of likely N-dealkylation sites (tertiary alicyclic amines) is 1. The Bertz CT molecular complexity index is 563. The van der Waals surface area contributed by atoms with Gasteiger partial charge in [-0.3, -0.25) is 9.59 Å². The molecule has 0 radical (unpaired) electrons. The lowest BCUT2D eigenvalue weighted by atomic mass is 10.1. The maximum Gasteiger partial charge on any atom is 0.311 e. The summed E-state index contributed by atoms with van der Waals surface area (Å²) in [6.45, 7) is 7.95. The van der Waals surface area contributed by atoms with Crippen LogP contribution in [0.15, 0.2) is 10.7 Å². The van der Waals surface area contributed by atoms with E-state index in [0.29, 0.717) is 36.7 Å². The van der Waals surface area contributed by atoms with Gasteiger partial charge in [0.25, 0.3) is 5.91 Å². The van der Waals surface area contributed by atoms with E-state index in [0.717, 1.165) is 12.8 Å². The topological polar surface area (TPSA) is 80.0 Å². The zero-order chi connectivity index (χ0) is 17.0. The van der Waals surface area contributed by atoms with Gasteiger partial charge < -0.3 is 19.2 Å². The molecule has 1 aliphatic rings. The number of rotatable bonds is 7. The van der Waals surface area contributed by atoms with Crippen LogP contribution < -0.4 is 0 Å². The minimum absolute atomic E-state index is 0.0628. The molecule has 6 heteroatoms. The Hall–Kier alpha value is -1.82. The number of carbonyl (C=O) groups is 2. The number of carboxylic acids is 1. The second-order valence-electron chi connectivity index (χ2n) is 6.50. The second-order valence-corrected chi connectivity index (χ2v) is 6.50. The molecule has 1 aromatic heterocycles. The molecule has 2 heterocycles. The molecule has 0 aromatic carbocycles. The van der Waals surface area contributed by atoms with E-state index in [1.54, 1.807) is 11.8 Å². The first-order valence-electron chi connectivity index (χ1n) is 8.08. The van der Waals surface area contributed by atoms with Crippen molar-refractivity contribution in [1.82, 2.24) is 4.90 Å². The minimum Gasteiger partial charge on any atom is -0.481 e. The largest absolute Gasteiger partial charge is 0.481 e. The van der Waals surface area contributed by atoms with Crippen molar-refractivity contribution in [3.63, 3.8) is 0 Å². The van der Waals surface area contributed by atoms with Crippen LogP contribution in [0.5, 0.6) is 0 Å². The third-order valence-electron chi connectivity index (χ3n) is 4.06. The maximum atomic E-state index is 12.7. The smallest absolute Gasteiger partial charge is 0.311 e. The van der Waals surface area contributed by atoms with Crippen LogP contribution in [0.3, 0.4) is 0 Å². The van der Waals surface area contributed by atoms with Gasteiger partial charge >= 0.3 is 5.97 Å². The van der Waals surface area contributed by atoms with Gasteiger partial charge in [-0.25, -0.2) is 0 Å². The van der Waals surface area contributed by atoms with Gasteiger partial charge in [0.2, 0.25) is 0 Å². The van der Waals surface area contributed by atoms with E-state index in [1.807, 2.05) is 0 Å². The summed E-state index contributed by atoms with van der Waals surface area (Å²) in [5.74, 6) is -0.349. The summed E-state index contributed by atoms with van der Waals surface area (Å²) in [5, 5.41) is 8.93. The predicted octanol–water partition coefficient (Wildman–Crippen LogP) is 2.49. The third kappa shape index (κ3) is 4.58. The Morgan fingerprint density at radius 1 is 1.48 bits per heavy atom. The first-order chi connectivity index (χ1) is 10.9. The lowest BCUT2D eigenvalue weighted by Gasteiger charge is -2.17. The molecule has 0 spiro atoms. The minimum atomic E-state index is -1.01. The lowest BCUT2D eigenvalue weighted by molar-refractivity contribution is -0.136. The number of carboxylic acid groups (broad SMARTS) is 1. The Kier molecular flexibility index (Phi) is 5.82. The van der Waals surface area contributed by atoms with E-state index >= 15 is 0 Å². The molecule has 6 nitrogen and oxygen atoms in total. The molecular formula is C17H25NO5. The Morgan fingerprint density at radius 2 is 2.22 bits per heavy atom. The third-order valence-corrected chi connectivity index (χ3v) is 4.06. The molecule has 128 valence electrons. The second kappa shape index (κ2) is 7.64. The maximum absolute atomic E-state index is 12.7. The summed E-state index contributed by atoms with van der Waals surface area (Å²) in [6.07, 6.45) is 3.05. The van der Waals surface area contributed by atoms with Crippen LogP contribution in [0.4, 0.5) is 0 Å². The molecule has 0 bridgehead atoms. The van der Waals surface area contributed by atoms with Crippen molar-refractivity contribution >= 4 is 11.9 Å². The summed E-state index contributed by atoms with van der Waals surface area (Å²) in [4.78, 5) is 25.3. The number of ether oxygens (including phenoxy) is 1. The molecule has 1 atom stereocenters. The van der Waals surface area contributed by atoms with Crippen molar-refractivity contribution in [2.24, 2.45) is 5.92 Å². The van der Waals surface area contributed by atoms with Crippen LogP contribution in [-0.4, -0.2) is 47.7 Å². The molecule has 1 fully saturated rings. The lowest BCUT2D eigenvalue weighted by Crippen LogP contribution is -2.31. The molecule has 1 saturated heterocycles. The van der Waals surface area contributed by atoms with Gasteiger partial charge in [-0.05, 0) is 25.7 Å². The summed E-state index contributed by atoms with van der Waals surface area (Å²) in [6, 6.07) is 0. The summed E-state index contributed by atoms with van der Waals surface area (Å²) >= 11 is 0. The van der Waals surface area contributed by atoms with Gasteiger partial charge in [0.1, 0.15) is 12.2 Å². The van der Waals surface area contributed by atoms with Crippen molar-refractivity contribution in [3.8, 4) is 0 Å². The van der Waals surface area contributed by atoms with E-state index in [-0.39, 0.29) is 24.2 Å². The molecule has 1 unspecified atom stereocenters. The van der Waals surface area contributed by atoms with E-state index in [1.165, 1.54) is 6.26 Å². The molecular weight excluding hydrogens is 298 g/mol. The summed E-state index contributed by atoms with van der Waals surface area (Å²) in [7, 11) is 0. The van der Waals surface area contributed by atoms with Gasteiger partial charge in [0.05, 0.1) is 17.9 Å². The van der Waals surface area contributed by atoms with Crippen LogP contribution in [0.25, 0.3) is 0 Å². The molecule has 1 aromatic rings. The molecule has 0 aliphatic carbocycles. The average molecular weight is 323 g/mol. The standard InChI is InChI=1S/C17H25NO5/c1-11(2)5-7-22-13-4-6-18(9-13)17(21)16-12(3)10-23-14(16)8-15(19)20/h10-11,13H,4-9H2,1-3H3,(H,19,20). The number of furan rings is 1. The number of carbonyl (C=O) groups excluding carboxylic acids is 1. The summed E-state index contributed by atoms with van der Waals surface area (Å²) in [5.41, 5.74) is 1.06. The normalized spacial score (nSPS) is 17.9. The van der Waals surface area contributed by atoms with Crippen LogP contribution in [0, 0.1) is 12.8 Å². The highest BCUT2D eigenvalue weighted by Gasteiger charge is 2.31. The molecule has 1 N–H and O–H groups in total. The van der Waals surface area contributed by atoms with Crippen molar-refractivity contribution in [3.05, 3.63) is 23.2 Å². The zero-order valence-corrected chi connectivity index (χ0v) is 14.0. The first-order valence-corrected chi connectivity index (χ1v) is 8.08. The van der Waals surface area contributed by atoms with Crippen LogP contribution in [-0.2, 0) is 16.0 Å². The number of hydrogen-bond donors (Lipinski definition) is 1. The number of aryl methyl sites for hydroxylation is 1. The highest BCUT2D eigenvalue weighted by atomic mass is 16.5. The summed E-state index contributed by atoms with van der Waals surface area (Å²) < 4.78 is 11.1. The van der Waals surface area contributed by atoms with E-state index in [9.17, 15) is 9.59 Å². The molecule has 1 aliphatic heterocycles. The SMILES string of the molecule is Cc1coc(CC(=O)O)c1C(=O)N1CCC(OCCC(C)C)C1. The first kappa shape index (κ1) is 17.5. The fraction of sp³-hybridized carbons (Fsp3) is 0.647. The van der Waals surface area contributed by atoms with E-state index in [4.69, 9.17) is 14.3 Å². The average Bonchev–Trinajstić information content (AvgIpc) is 3.05. The van der Waals surface area contributed by atoms with Crippen molar-refractivity contribution in [2.45, 2.75) is 46.1 Å². The van der Waals surface area contributed by atoms with E-state index in [2.05, 4.69) is 13.8 Å². The monoisotopic (exact) mass is 323 g/mol. The highest BCUT2D eigenvalue weighted by Crippen LogP contribution is 2.23. The van der Waals surface area contributed by atoms with Gasteiger partial charge in [-0.2, -0.15) is 0 Å². The van der Waals surface area contributed by atoms with E-state index < -0.39 is 5.97 Å². The fourth-order valence-corrected chi connectivity index (χ4v) is 2.73. The van der Waals surface area contributed by atoms with Gasteiger partial charge in [0.15, 0.2) is 0 Å². The Morgan fingerprint density at radius 3 is 2.87 bits per heavy atom. The fourth-order valence-electron chi connectivity index (χ4n) is 2.73. The Labute approximate surface area is 136 Å². The molecule has 0 saturated carbocycles.